The van der Waals surface area contributed by atoms with Crippen LogP contribution in [0.2, 0.25) is 0 Å². The molecule has 0 fully saturated rings. The van der Waals surface area contributed by atoms with Crippen molar-refractivity contribution in [2.24, 2.45) is 0 Å². The van der Waals surface area contributed by atoms with E-state index < -0.39 is 5.41 Å². The van der Waals surface area contributed by atoms with E-state index in [-0.39, 0.29) is 0 Å². The topological polar surface area (TPSA) is 20.5 Å². The number of pyridine rings is 1. The molecular formula is C44H29N3. The van der Waals surface area contributed by atoms with E-state index in [0.29, 0.717) is 0 Å². The van der Waals surface area contributed by atoms with Crippen LogP contribution in [0.15, 0.2) is 176 Å². The van der Waals surface area contributed by atoms with E-state index in [1.165, 1.54) is 44.8 Å². The first-order valence-electron chi connectivity index (χ1n) is 16.2. The Morgan fingerprint density at radius 1 is 0.426 bits per heavy atom. The molecule has 3 heteroatoms. The highest BCUT2D eigenvalue weighted by Gasteiger charge is 2.51. The van der Waals surface area contributed by atoms with Crippen molar-refractivity contribution in [2.75, 3.05) is 4.90 Å². The number of para-hydroxylation sites is 2. The first-order chi connectivity index (χ1) is 23.3. The SMILES string of the molecule is c1ccc(-c2nc3ccc(N4c5ccccc5C5(c6ccccc6-c6ccccc65)c5ccccc54)cn3c2-c2ccccc2)cc1. The number of hydrogen-bond donors (Lipinski definition) is 0. The maximum absolute atomic E-state index is 5.19. The molecule has 0 amide bonds. The van der Waals surface area contributed by atoms with Crippen molar-refractivity contribution >= 4 is 22.7 Å². The molecule has 0 bridgehead atoms. The van der Waals surface area contributed by atoms with Crippen LogP contribution in [0.5, 0.6) is 0 Å². The summed E-state index contributed by atoms with van der Waals surface area (Å²) >= 11 is 0. The Morgan fingerprint density at radius 2 is 0.915 bits per heavy atom. The molecule has 0 saturated heterocycles. The van der Waals surface area contributed by atoms with Gasteiger partial charge in [0, 0.05) is 17.3 Å². The van der Waals surface area contributed by atoms with Crippen molar-refractivity contribution in [1.82, 2.24) is 9.38 Å². The summed E-state index contributed by atoms with van der Waals surface area (Å²) in [6.45, 7) is 0. The van der Waals surface area contributed by atoms with Gasteiger partial charge in [0.1, 0.15) is 5.65 Å². The Hall–Kier alpha value is -6.19. The van der Waals surface area contributed by atoms with Crippen molar-refractivity contribution in [3.63, 3.8) is 0 Å². The number of fused-ring (bicyclic) bond motifs is 10. The molecule has 0 radical (unpaired) electrons. The van der Waals surface area contributed by atoms with Gasteiger partial charge >= 0.3 is 0 Å². The summed E-state index contributed by atoms with van der Waals surface area (Å²) in [7, 11) is 0. The minimum absolute atomic E-state index is 0.425. The largest absolute Gasteiger partial charge is 0.308 e. The molecule has 2 aromatic heterocycles. The Bertz CT molecular complexity index is 2380. The molecule has 3 heterocycles. The Labute approximate surface area is 273 Å². The maximum Gasteiger partial charge on any atom is 0.138 e. The van der Waals surface area contributed by atoms with Crippen LogP contribution in [-0.2, 0) is 5.41 Å². The van der Waals surface area contributed by atoms with E-state index >= 15 is 0 Å². The average Bonchev–Trinajstić information content (AvgIpc) is 3.67. The first kappa shape index (κ1) is 26.1. The molecule has 0 atom stereocenters. The number of anilines is 3. The Balaban J connectivity index is 1.26. The van der Waals surface area contributed by atoms with E-state index in [0.717, 1.165) is 33.8 Å². The van der Waals surface area contributed by atoms with Crippen LogP contribution in [0.3, 0.4) is 0 Å². The van der Waals surface area contributed by atoms with Gasteiger partial charge in [-0.2, -0.15) is 0 Å². The zero-order valence-corrected chi connectivity index (χ0v) is 25.6. The van der Waals surface area contributed by atoms with Crippen molar-refractivity contribution in [1.29, 1.82) is 0 Å². The lowest BCUT2D eigenvalue weighted by atomic mass is 9.64. The van der Waals surface area contributed by atoms with Crippen LogP contribution in [0, 0.1) is 0 Å². The Kier molecular flexibility index (Phi) is 5.49. The molecule has 220 valence electrons. The fourth-order valence-electron chi connectivity index (χ4n) is 8.17. The van der Waals surface area contributed by atoms with Gasteiger partial charge in [0.15, 0.2) is 0 Å². The number of aromatic nitrogens is 2. The van der Waals surface area contributed by atoms with Crippen molar-refractivity contribution in [3.05, 3.63) is 198 Å². The highest BCUT2D eigenvalue weighted by molar-refractivity contribution is 5.96. The van der Waals surface area contributed by atoms with E-state index in [1.807, 2.05) is 0 Å². The summed E-state index contributed by atoms with van der Waals surface area (Å²) in [5.41, 5.74) is 16.1. The van der Waals surface area contributed by atoms with Gasteiger partial charge in [-0.15, -0.1) is 0 Å². The average molecular weight is 600 g/mol. The fraction of sp³-hybridized carbons (Fsp3) is 0.0227. The molecule has 0 N–H and O–H groups in total. The number of nitrogens with zero attached hydrogens (tertiary/aromatic N) is 3. The zero-order valence-electron chi connectivity index (χ0n) is 25.6. The molecule has 0 unspecified atom stereocenters. The van der Waals surface area contributed by atoms with Crippen LogP contribution < -0.4 is 4.90 Å². The van der Waals surface area contributed by atoms with Crippen LogP contribution in [-0.4, -0.2) is 9.38 Å². The lowest BCUT2D eigenvalue weighted by Crippen LogP contribution is -2.36. The molecule has 1 spiro atoms. The summed E-state index contributed by atoms with van der Waals surface area (Å²) in [5.74, 6) is 0. The van der Waals surface area contributed by atoms with E-state index in [4.69, 9.17) is 4.98 Å². The van der Waals surface area contributed by atoms with Crippen LogP contribution >= 0.6 is 0 Å². The zero-order chi connectivity index (χ0) is 31.0. The molecule has 47 heavy (non-hydrogen) atoms. The second kappa shape index (κ2) is 9.90. The summed E-state index contributed by atoms with van der Waals surface area (Å²) in [6.07, 6.45) is 2.26. The van der Waals surface area contributed by atoms with Crippen LogP contribution in [0.1, 0.15) is 22.3 Å². The van der Waals surface area contributed by atoms with Crippen LogP contribution in [0.4, 0.5) is 17.1 Å². The smallest absolute Gasteiger partial charge is 0.138 e. The number of benzene rings is 6. The molecule has 1 aliphatic carbocycles. The lowest BCUT2D eigenvalue weighted by molar-refractivity contribution is 0.752. The van der Waals surface area contributed by atoms with Crippen molar-refractivity contribution in [3.8, 4) is 33.6 Å². The summed E-state index contributed by atoms with van der Waals surface area (Å²) < 4.78 is 2.27. The molecule has 1 aliphatic heterocycles. The van der Waals surface area contributed by atoms with E-state index in [9.17, 15) is 0 Å². The summed E-state index contributed by atoms with van der Waals surface area (Å²) in [5, 5.41) is 0. The van der Waals surface area contributed by atoms with Gasteiger partial charge in [-0.25, -0.2) is 4.98 Å². The normalized spacial score (nSPS) is 13.7. The molecule has 8 aromatic rings. The number of rotatable bonds is 3. The van der Waals surface area contributed by atoms with Gasteiger partial charge in [0.25, 0.3) is 0 Å². The molecule has 6 aromatic carbocycles. The third kappa shape index (κ3) is 3.54. The second-order valence-electron chi connectivity index (χ2n) is 12.4. The molecule has 2 aliphatic rings. The predicted molar refractivity (Wildman–Crippen MR) is 192 cm³/mol. The first-order valence-corrected chi connectivity index (χ1v) is 16.2. The predicted octanol–water partition coefficient (Wildman–Crippen LogP) is 10.8. The maximum atomic E-state index is 5.19. The number of imidazole rings is 1. The second-order valence-corrected chi connectivity index (χ2v) is 12.4. The van der Waals surface area contributed by atoms with Crippen LogP contribution in [0.25, 0.3) is 39.3 Å². The minimum Gasteiger partial charge on any atom is -0.308 e. The highest BCUT2D eigenvalue weighted by atomic mass is 15.2. The van der Waals surface area contributed by atoms with Crippen molar-refractivity contribution in [2.45, 2.75) is 5.41 Å². The summed E-state index contributed by atoms with van der Waals surface area (Å²) in [4.78, 5) is 7.63. The highest BCUT2D eigenvalue weighted by Crippen LogP contribution is 2.63. The quantitative estimate of drug-likeness (QED) is 0.201. The van der Waals surface area contributed by atoms with Gasteiger partial charge in [-0.05, 0) is 57.6 Å². The third-order valence-electron chi connectivity index (χ3n) is 10.0. The summed E-state index contributed by atoms with van der Waals surface area (Å²) in [6, 6.07) is 61.3. The number of hydrogen-bond acceptors (Lipinski definition) is 2. The molecule has 10 rings (SSSR count). The van der Waals surface area contributed by atoms with Gasteiger partial charge in [0.05, 0.1) is 33.9 Å². The van der Waals surface area contributed by atoms with Gasteiger partial charge < -0.3 is 4.90 Å². The lowest BCUT2D eigenvalue weighted by Gasteiger charge is -2.45. The van der Waals surface area contributed by atoms with E-state index in [1.54, 1.807) is 0 Å². The third-order valence-corrected chi connectivity index (χ3v) is 10.0. The van der Waals surface area contributed by atoms with Gasteiger partial charge in [-0.3, -0.25) is 4.40 Å². The minimum atomic E-state index is -0.425. The van der Waals surface area contributed by atoms with Crippen molar-refractivity contribution < 1.29 is 0 Å². The standard InChI is InChI=1S/C44H29N3/c1-3-15-30(16-4-1)42-43(31-17-5-2-6-18-31)46-29-32(27-28-41(46)45-42)47-39-25-13-11-23-37(39)44(38-24-12-14-26-40(38)47)35-21-9-7-19-33(35)34-20-8-10-22-36(34)44/h1-29H. The molecular weight excluding hydrogens is 571 g/mol. The molecule has 3 nitrogen and oxygen atoms in total. The van der Waals surface area contributed by atoms with Gasteiger partial charge in [0.2, 0.25) is 0 Å². The van der Waals surface area contributed by atoms with Gasteiger partial charge in [-0.1, -0.05) is 146 Å². The van der Waals surface area contributed by atoms with E-state index in [2.05, 4.69) is 185 Å². The monoisotopic (exact) mass is 599 g/mol. The Morgan fingerprint density at radius 3 is 1.51 bits per heavy atom. The molecule has 0 saturated carbocycles. The fourth-order valence-corrected chi connectivity index (χ4v) is 8.17.